The predicted molar refractivity (Wildman–Crippen MR) is 72.1 cm³/mol. The molecule has 0 saturated heterocycles. The molecule has 0 aliphatic rings. The molecule has 2 nitrogen and oxygen atoms in total. The molecular weight excluding hydrogens is 210 g/mol. The molecule has 1 N–H and O–H groups in total. The zero-order valence-corrected chi connectivity index (χ0v) is 11.3. The van der Waals surface area contributed by atoms with E-state index in [1.165, 1.54) is 19.3 Å². The van der Waals surface area contributed by atoms with E-state index in [1.807, 2.05) is 0 Å². The number of nitrogens with zero attached hydrogens (tertiary/aromatic N) is 1. The van der Waals surface area contributed by atoms with Crippen molar-refractivity contribution >= 4 is 0 Å². The van der Waals surface area contributed by atoms with Crippen molar-refractivity contribution in [1.29, 1.82) is 0 Å². The van der Waals surface area contributed by atoms with Crippen molar-refractivity contribution in [2.45, 2.75) is 52.9 Å². The zero-order valence-electron chi connectivity index (χ0n) is 11.3. The molecule has 0 aromatic carbocycles. The number of hydrogen-bond donors (Lipinski definition) is 1. The van der Waals surface area contributed by atoms with Gasteiger partial charge in [-0.05, 0) is 43.2 Å². The first-order valence-electron chi connectivity index (χ1n) is 6.76. The van der Waals surface area contributed by atoms with Crippen molar-refractivity contribution in [3.05, 3.63) is 24.0 Å². The number of aromatic nitrogens is 1. The van der Waals surface area contributed by atoms with Gasteiger partial charge in [0, 0.05) is 6.20 Å². The lowest BCUT2D eigenvalue weighted by molar-refractivity contribution is 0.378. The highest BCUT2D eigenvalue weighted by Crippen LogP contribution is 2.21. The largest absolute Gasteiger partial charge is 0.506 e. The van der Waals surface area contributed by atoms with Crippen LogP contribution in [0.5, 0.6) is 5.75 Å². The third-order valence-electron chi connectivity index (χ3n) is 3.48. The molecule has 1 rings (SSSR count). The van der Waals surface area contributed by atoms with Gasteiger partial charge in [0.25, 0.3) is 0 Å². The second-order valence-corrected chi connectivity index (χ2v) is 5.22. The molecular formula is C15H25NO. The highest BCUT2D eigenvalue weighted by Gasteiger charge is 2.08. The molecule has 96 valence electrons. The molecule has 0 spiro atoms. The van der Waals surface area contributed by atoms with Crippen LogP contribution in [0, 0.1) is 11.8 Å². The van der Waals surface area contributed by atoms with E-state index in [0.29, 0.717) is 5.75 Å². The van der Waals surface area contributed by atoms with Gasteiger partial charge in [-0.15, -0.1) is 0 Å². The Kier molecular flexibility index (Phi) is 6.03. The maximum Gasteiger partial charge on any atom is 0.137 e. The highest BCUT2D eigenvalue weighted by molar-refractivity contribution is 5.24. The fraction of sp³-hybridized carbons (Fsp3) is 0.667. The molecule has 2 heteroatoms. The lowest BCUT2D eigenvalue weighted by Crippen LogP contribution is -2.03. The summed E-state index contributed by atoms with van der Waals surface area (Å²) in [7, 11) is 0. The summed E-state index contributed by atoms with van der Waals surface area (Å²) in [5.41, 5.74) is 0.836. The molecule has 0 fully saturated rings. The van der Waals surface area contributed by atoms with Crippen LogP contribution in [0.4, 0.5) is 0 Å². The number of hydrogen-bond acceptors (Lipinski definition) is 2. The fourth-order valence-electron chi connectivity index (χ4n) is 2.21. The SMILES string of the molecule is CCC(C)CC(C)CCCc1ncccc1O. The molecule has 0 aliphatic heterocycles. The van der Waals surface area contributed by atoms with Crippen molar-refractivity contribution in [3.63, 3.8) is 0 Å². The van der Waals surface area contributed by atoms with E-state index < -0.39 is 0 Å². The van der Waals surface area contributed by atoms with Crippen LogP contribution in [-0.2, 0) is 6.42 Å². The number of pyridine rings is 1. The van der Waals surface area contributed by atoms with Crippen LogP contribution in [0.2, 0.25) is 0 Å². The number of rotatable bonds is 7. The third kappa shape index (κ3) is 5.20. The highest BCUT2D eigenvalue weighted by atomic mass is 16.3. The zero-order chi connectivity index (χ0) is 12.7. The van der Waals surface area contributed by atoms with Gasteiger partial charge in [-0.3, -0.25) is 4.98 Å². The van der Waals surface area contributed by atoms with Gasteiger partial charge in [-0.25, -0.2) is 0 Å². The first-order chi connectivity index (χ1) is 8.13. The van der Waals surface area contributed by atoms with Crippen LogP contribution in [0.25, 0.3) is 0 Å². The van der Waals surface area contributed by atoms with Gasteiger partial charge in [-0.1, -0.05) is 33.6 Å². The minimum absolute atomic E-state index is 0.335. The molecule has 2 atom stereocenters. The van der Waals surface area contributed by atoms with E-state index in [9.17, 15) is 5.11 Å². The smallest absolute Gasteiger partial charge is 0.137 e. The van der Waals surface area contributed by atoms with Crippen molar-refractivity contribution in [2.75, 3.05) is 0 Å². The van der Waals surface area contributed by atoms with Crippen LogP contribution < -0.4 is 0 Å². The summed E-state index contributed by atoms with van der Waals surface area (Å²) in [6.07, 6.45) is 7.55. The summed E-state index contributed by atoms with van der Waals surface area (Å²) in [6, 6.07) is 3.48. The van der Waals surface area contributed by atoms with Crippen LogP contribution in [0.1, 0.15) is 52.1 Å². The monoisotopic (exact) mass is 235 g/mol. The second-order valence-electron chi connectivity index (χ2n) is 5.22. The van der Waals surface area contributed by atoms with Gasteiger partial charge >= 0.3 is 0 Å². The molecule has 1 aromatic rings. The van der Waals surface area contributed by atoms with Crippen molar-refractivity contribution in [3.8, 4) is 5.75 Å². The van der Waals surface area contributed by atoms with Crippen molar-refractivity contribution in [2.24, 2.45) is 11.8 Å². The molecule has 0 aliphatic carbocycles. The minimum atomic E-state index is 0.335. The molecule has 0 amide bonds. The molecule has 1 heterocycles. The predicted octanol–water partition coefficient (Wildman–Crippen LogP) is 4.18. The van der Waals surface area contributed by atoms with Gasteiger partial charge in [0.1, 0.15) is 5.75 Å². The summed E-state index contributed by atoms with van der Waals surface area (Å²) in [6.45, 7) is 6.90. The summed E-state index contributed by atoms with van der Waals surface area (Å²) >= 11 is 0. The standard InChI is InChI=1S/C15H25NO/c1-4-12(2)11-13(3)7-5-8-14-15(17)9-6-10-16-14/h6,9-10,12-13,17H,4-5,7-8,11H2,1-3H3. The lowest BCUT2D eigenvalue weighted by atomic mass is 9.91. The van der Waals surface area contributed by atoms with E-state index in [2.05, 4.69) is 25.8 Å². The molecule has 2 unspecified atom stereocenters. The molecule has 0 saturated carbocycles. The van der Waals surface area contributed by atoms with Gasteiger partial charge in [0.2, 0.25) is 0 Å². The molecule has 0 bridgehead atoms. The van der Waals surface area contributed by atoms with E-state index in [0.717, 1.165) is 30.4 Å². The Morgan fingerprint density at radius 1 is 1.29 bits per heavy atom. The molecule has 0 radical (unpaired) electrons. The maximum absolute atomic E-state index is 9.60. The summed E-state index contributed by atoms with van der Waals surface area (Å²) in [5, 5.41) is 9.60. The van der Waals surface area contributed by atoms with E-state index >= 15 is 0 Å². The van der Waals surface area contributed by atoms with Crippen molar-refractivity contribution in [1.82, 2.24) is 4.98 Å². The number of aromatic hydroxyl groups is 1. The first-order valence-corrected chi connectivity index (χ1v) is 6.76. The lowest BCUT2D eigenvalue weighted by Gasteiger charge is -2.15. The van der Waals surface area contributed by atoms with Crippen LogP contribution in [0.3, 0.4) is 0 Å². The third-order valence-corrected chi connectivity index (χ3v) is 3.48. The second kappa shape index (κ2) is 7.31. The van der Waals surface area contributed by atoms with Gasteiger partial charge in [0.15, 0.2) is 0 Å². The Hall–Kier alpha value is -1.05. The van der Waals surface area contributed by atoms with Crippen LogP contribution in [-0.4, -0.2) is 10.1 Å². The molecule has 17 heavy (non-hydrogen) atoms. The van der Waals surface area contributed by atoms with E-state index in [4.69, 9.17) is 0 Å². The summed E-state index contributed by atoms with van der Waals surface area (Å²) in [5.74, 6) is 1.94. The first kappa shape index (κ1) is 14.0. The fourth-order valence-corrected chi connectivity index (χ4v) is 2.21. The minimum Gasteiger partial charge on any atom is -0.506 e. The quantitative estimate of drug-likeness (QED) is 0.769. The van der Waals surface area contributed by atoms with Gasteiger partial charge < -0.3 is 5.11 Å². The Morgan fingerprint density at radius 2 is 2.06 bits per heavy atom. The van der Waals surface area contributed by atoms with E-state index in [-0.39, 0.29) is 0 Å². The van der Waals surface area contributed by atoms with E-state index in [1.54, 1.807) is 18.3 Å². The van der Waals surface area contributed by atoms with Crippen LogP contribution in [0.15, 0.2) is 18.3 Å². The normalized spacial score (nSPS) is 14.5. The average molecular weight is 235 g/mol. The molecule has 1 aromatic heterocycles. The number of aryl methyl sites for hydroxylation is 1. The van der Waals surface area contributed by atoms with Gasteiger partial charge in [-0.2, -0.15) is 0 Å². The van der Waals surface area contributed by atoms with Gasteiger partial charge in [0.05, 0.1) is 5.69 Å². The Bertz CT molecular complexity index is 324. The summed E-state index contributed by atoms with van der Waals surface area (Å²) < 4.78 is 0. The maximum atomic E-state index is 9.60. The van der Waals surface area contributed by atoms with Crippen molar-refractivity contribution < 1.29 is 5.11 Å². The van der Waals surface area contributed by atoms with Crippen LogP contribution >= 0.6 is 0 Å². The Labute approximate surface area is 105 Å². The Morgan fingerprint density at radius 3 is 2.71 bits per heavy atom. The Balaban J connectivity index is 2.26. The topological polar surface area (TPSA) is 33.1 Å². The summed E-state index contributed by atoms with van der Waals surface area (Å²) in [4.78, 5) is 4.20. The average Bonchev–Trinajstić information content (AvgIpc) is 2.31.